The number of aryl methyl sites for hydroxylation is 2. The minimum Gasteiger partial charge on any atom is -0.352 e. The first-order valence-corrected chi connectivity index (χ1v) is 8.60. The van der Waals surface area contributed by atoms with E-state index in [9.17, 15) is 0 Å². The average Bonchev–Trinajstić information content (AvgIpc) is 2.91. The molecule has 5 heteroatoms. The highest BCUT2D eigenvalue weighted by molar-refractivity contribution is 9.09. The molecule has 1 fully saturated rings. The Kier molecular flexibility index (Phi) is 3.52. The van der Waals surface area contributed by atoms with Crippen molar-refractivity contribution in [2.24, 2.45) is 5.92 Å². The normalized spacial score (nSPS) is 23.5. The number of rotatable bonds is 2. The Labute approximate surface area is 126 Å². The number of halogens is 1. The van der Waals surface area contributed by atoms with Gasteiger partial charge >= 0.3 is 0 Å². The molecule has 0 amide bonds. The van der Waals surface area contributed by atoms with Gasteiger partial charge in [0.15, 0.2) is 0 Å². The van der Waals surface area contributed by atoms with Crippen LogP contribution in [0.5, 0.6) is 0 Å². The summed E-state index contributed by atoms with van der Waals surface area (Å²) in [5, 5.41) is 2.26. The van der Waals surface area contributed by atoms with E-state index in [-0.39, 0.29) is 0 Å². The minimum atomic E-state index is 0.540. The molecule has 1 aliphatic rings. The molecule has 0 spiro atoms. The summed E-state index contributed by atoms with van der Waals surface area (Å²) < 4.78 is 0. The number of hydrogen-bond acceptors (Lipinski definition) is 4. The van der Waals surface area contributed by atoms with E-state index in [1.807, 2.05) is 0 Å². The maximum atomic E-state index is 4.60. The highest BCUT2D eigenvalue weighted by Crippen LogP contribution is 2.38. The number of hydrogen-bond donors (Lipinski definition) is 0. The van der Waals surface area contributed by atoms with Crippen molar-refractivity contribution in [3.8, 4) is 0 Å². The number of nitrogens with zero attached hydrogens (tertiary/aromatic N) is 3. The largest absolute Gasteiger partial charge is 0.352 e. The van der Waals surface area contributed by atoms with Crippen LogP contribution in [0.1, 0.15) is 23.8 Å². The first kappa shape index (κ1) is 13.3. The molecule has 2 aromatic rings. The fourth-order valence-electron chi connectivity index (χ4n) is 2.89. The van der Waals surface area contributed by atoms with E-state index in [0.29, 0.717) is 12.0 Å². The number of fused-ring (bicyclic) bond motifs is 1. The zero-order valence-corrected chi connectivity index (χ0v) is 13.9. The summed E-state index contributed by atoms with van der Waals surface area (Å²) in [5.41, 5.74) is 1.34. The van der Waals surface area contributed by atoms with Gasteiger partial charge in [0.2, 0.25) is 0 Å². The van der Waals surface area contributed by atoms with Crippen molar-refractivity contribution in [2.75, 3.05) is 16.8 Å². The van der Waals surface area contributed by atoms with Gasteiger partial charge in [0.1, 0.15) is 17.0 Å². The van der Waals surface area contributed by atoms with Crippen molar-refractivity contribution in [1.82, 2.24) is 9.97 Å². The molecule has 3 rings (SSSR count). The van der Waals surface area contributed by atoms with E-state index >= 15 is 0 Å². The van der Waals surface area contributed by atoms with E-state index in [0.717, 1.165) is 22.5 Å². The van der Waals surface area contributed by atoms with Gasteiger partial charge in [0, 0.05) is 22.8 Å². The highest BCUT2D eigenvalue weighted by atomic mass is 79.9. The fourth-order valence-corrected chi connectivity index (χ4v) is 4.87. The van der Waals surface area contributed by atoms with Gasteiger partial charge in [0.25, 0.3) is 0 Å². The van der Waals surface area contributed by atoms with Crippen molar-refractivity contribution in [3.05, 3.63) is 16.8 Å². The molecule has 3 nitrogen and oxygen atoms in total. The van der Waals surface area contributed by atoms with Crippen molar-refractivity contribution < 1.29 is 0 Å². The molecule has 0 N–H and O–H groups in total. The standard InChI is InChI=1S/C14H18BrN3S/c1-8-4-5-18(11(8)6-15)13-12-9(2)10(3)19-14(12)17-7-16-13/h7-8,11H,4-6H2,1-3H3. The molecule has 0 aromatic carbocycles. The molecule has 2 unspecified atom stereocenters. The second-order valence-corrected chi connectivity index (χ2v) is 7.19. The lowest BCUT2D eigenvalue weighted by atomic mass is 10.1. The van der Waals surface area contributed by atoms with E-state index < -0.39 is 0 Å². The Morgan fingerprint density at radius 3 is 2.95 bits per heavy atom. The molecule has 0 aliphatic carbocycles. The SMILES string of the molecule is Cc1sc2ncnc(N3CCC(C)C3CBr)c2c1C. The third-order valence-electron chi connectivity index (χ3n) is 4.26. The highest BCUT2D eigenvalue weighted by Gasteiger charge is 2.32. The van der Waals surface area contributed by atoms with Crippen LogP contribution in [0.3, 0.4) is 0 Å². The smallest absolute Gasteiger partial charge is 0.141 e. The van der Waals surface area contributed by atoms with Gasteiger partial charge in [-0.1, -0.05) is 22.9 Å². The summed E-state index contributed by atoms with van der Waals surface area (Å²) in [6.45, 7) is 7.78. The summed E-state index contributed by atoms with van der Waals surface area (Å²) >= 11 is 5.43. The molecule has 2 atom stereocenters. The molecule has 1 saturated heterocycles. The monoisotopic (exact) mass is 339 g/mol. The van der Waals surface area contributed by atoms with Gasteiger partial charge in [-0.05, 0) is 31.7 Å². The second kappa shape index (κ2) is 5.02. The molecule has 2 aromatic heterocycles. The fraction of sp³-hybridized carbons (Fsp3) is 0.571. The Bertz CT molecular complexity index is 610. The molecule has 0 bridgehead atoms. The van der Waals surface area contributed by atoms with Crippen LogP contribution < -0.4 is 4.90 Å². The maximum absolute atomic E-state index is 4.60. The summed E-state index contributed by atoms with van der Waals surface area (Å²) in [7, 11) is 0. The van der Waals surface area contributed by atoms with Crippen LogP contribution >= 0.6 is 27.3 Å². The number of thiophene rings is 1. The van der Waals surface area contributed by atoms with Crippen LogP contribution in [0.2, 0.25) is 0 Å². The first-order chi connectivity index (χ1) is 9.13. The molecule has 19 heavy (non-hydrogen) atoms. The lowest BCUT2D eigenvalue weighted by Crippen LogP contribution is -2.34. The van der Waals surface area contributed by atoms with Crippen LogP contribution in [0.15, 0.2) is 6.33 Å². The van der Waals surface area contributed by atoms with Crippen molar-refractivity contribution in [3.63, 3.8) is 0 Å². The number of alkyl halides is 1. The van der Waals surface area contributed by atoms with Crippen LogP contribution in [0, 0.1) is 19.8 Å². The molecular weight excluding hydrogens is 322 g/mol. The predicted octanol–water partition coefficient (Wildman–Crippen LogP) is 3.92. The number of anilines is 1. The minimum absolute atomic E-state index is 0.540. The molecule has 1 aliphatic heterocycles. The van der Waals surface area contributed by atoms with Crippen molar-refractivity contribution >= 4 is 43.3 Å². The lowest BCUT2D eigenvalue weighted by Gasteiger charge is -2.27. The zero-order chi connectivity index (χ0) is 13.6. The van der Waals surface area contributed by atoms with E-state index in [2.05, 4.69) is 51.6 Å². The van der Waals surface area contributed by atoms with Crippen molar-refractivity contribution in [2.45, 2.75) is 33.2 Å². The Morgan fingerprint density at radius 1 is 1.42 bits per heavy atom. The van der Waals surface area contributed by atoms with Crippen LogP contribution in [-0.4, -0.2) is 27.9 Å². The zero-order valence-electron chi connectivity index (χ0n) is 11.5. The Balaban J connectivity index is 2.15. The van der Waals surface area contributed by atoms with Crippen LogP contribution in [0.4, 0.5) is 5.82 Å². The quantitative estimate of drug-likeness (QED) is 0.776. The topological polar surface area (TPSA) is 29.0 Å². The average molecular weight is 340 g/mol. The first-order valence-electron chi connectivity index (χ1n) is 6.66. The summed E-state index contributed by atoms with van der Waals surface area (Å²) in [6, 6.07) is 0.540. The van der Waals surface area contributed by atoms with Gasteiger partial charge < -0.3 is 4.90 Å². The second-order valence-electron chi connectivity index (χ2n) is 5.34. The van der Waals surface area contributed by atoms with Crippen LogP contribution in [0.25, 0.3) is 10.2 Å². The lowest BCUT2D eigenvalue weighted by molar-refractivity contribution is 0.553. The molecule has 3 heterocycles. The molecule has 0 radical (unpaired) electrons. The van der Waals surface area contributed by atoms with Gasteiger partial charge in [-0.25, -0.2) is 9.97 Å². The van der Waals surface area contributed by atoms with Crippen molar-refractivity contribution in [1.29, 1.82) is 0 Å². The van der Waals surface area contributed by atoms with Gasteiger partial charge in [0.05, 0.1) is 5.39 Å². The third kappa shape index (κ3) is 2.07. The van der Waals surface area contributed by atoms with E-state index in [1.54, 1.807) is 17.7 Å². The van der Waals surface area contributed by atoms with Gasteiger partial charge in [-0.3, -0.25) is 0 Å². The maximum Gasteiger partial charge on any atom is 0.141 e. The predicted molar refractivity (Wildman–Crippen MR) is 85.6 cm³/mol. The summed E-state index contributed by atoms with van der Waals surface area (Å²) in [5.74, 6) is 1.84. The summed E-state index contributed by atoms with van der Waals surface area (Å²) in [4.78, 5) is 14.0. The Morgan fingerprint density at radius 2 is 2.21 bits per heavy atom. The molecule has 0 saturated carbocycles. The molecular formula is C14H18BrN3S. The number of aromatic nitrogens is 2. The summed E-state index contributed by atoms with van der Waals surface area (Å²) in [6.07, 6.45) is 2.95. The Hall–Kier alpha value is -0.680. The molecule has 102 valence electrons. The van der Waals surface area contributed by atoms with Gasteiger partial charge in [-0.15, -0.1) is 11.3 Å². The van der Waals surface area contributed by atoms with Gasteiger partial charge in [-0.2, -0.15) is 0 Å². The third-order valence-corrected chi connectivity index (χ3v) is 6.04. The van der Waals surface area contributed by atoms with Crippen LogP contribution in [-0.2, 0) is 0 Å². The van der Waals surface area contributed by atoms with E-state index in [4.69, 9.17) is 0 Å². The van der Waals surface area contributed by atoms with E-state index in [1.165, 1.54) is 22.2 Å².